The van der Waals surface area contributed by atoms with Crippen molar-refractivity contribution in [3.8, 4) is 34.5 Å². The van der Waals surface area contributed by atoms with Gasteiger partial charge in [-0.25, -0.2) is 10.9 Å². The Hall–Kier alpha value is -5.26. The zero-order chi connectivity index (χ0) is 29.1. The van der Waals surface area contributed by atoms with E-state index in [1.54, 1.807) is 24.3 Å². The Labute approximate surface area is 231 Å². The molecule has 210 valence electrons. The molecule has 0 spiro atoms. The lowest BCUT2D eigenvalue weighted by atomic mass is 10.1. The van der Waals surface area contributed by atoms with E-state index in [9.17, 15) is 9.59 Å². The Kier molecular flexibility index (Phi) is 10.3. The summed E-state index contributed by atoms with van der Waals surface area (Å²) in [6.07, 6.45) is 2.98. The number of carbonyl (C=O) groups is 2. The third kappa shape index (κ3) is 6.98. The molecule has 0 atom stereocenters. The first-order chi connectivity index (χ1) is 19.4. The summed E-state index contributed by atoms with van der Waals surface area (Å²) in [5, 5.41) is 8.01. The van der Waals surface area contributed by atoms with Crippen molar-refractivity contribution in [1.29, 1.82) is 0 Å². The molecule has 0 saturated heterocycles. The van der Waals surface area contributed by atoms with Crippen molar-refractivity contribution in [3.05, 3.63) is 70.8 Å². The molecular weight excluding hydrogens is 520 g/mol. The van der Waals surface area contributed by atoms with Gasteiger partial charge in [0.25, 0.3) is 11.8 Å². The van der Waals surface area contributed by atoms with Gasteiger partial charge in [-0.2, -0.15) is 10.2 Å². The molecule has 0 aliphatic rings. The van der Waals surface area contributed by atoms with Gasteiger partial charge in [0.2, 0.25) is 11.5 Å². The highest BCUT2D eigenvalue weighted by Gasteiger charge is 2.18. The van der Waals surface area contributed by atoms with Gasteiger partial charge >= 0.3 is 0 Å². The summed E-state index contributed by atoms with van der Waals surface area (Å²) in [7, 11) is 8.83. The van der Waals surface area contributed by atoms with Gasteiger partial charge in [0.05, 0.1) is 55.1 Å². The van der Waals surface area contributed by atoms with Gasteiger partial charge in [0.1, 0.15) is 0 Å². The van der Waals surface area contributed by atoms with Crippen LogP contribution in [0, 0.1) is 0 Å². The summed E-state index contributed by atoms with van der Waals surface area (Å²) < 4.78 is 31.6. The van der Waals surface area contributed by atoms with Crippen molar-refractivity contribution in [3.63, 3.8) is 0 Å². The molecule has 3 aromatic carbocycles. The number of hydrogen-bond donors (Lipinski definition) is 2. The fourth-order valence-electron chi connectivity index (χ4n) is 3.55. The van der Waals surface area contributed by atoms with E-state index in [4.69, 9.17) is 28.4 Å². The molecule has 0 aromatic heterocycles. The maximum Gasteiger partial charge on any atom is 0.271 e. The summed E-state index contributed by atoms with van der Waals surface area (Å²) in [4.78, 5) is 25.1. The summed E-state index contributed by atoms with van der Waals surface area (Å²) in [5.41, 5.74) is 6.95. The van der Waals surface area contributed by atoms with Crippen LogP contribution in [0.1, 0.15) is 31.8 Å². The summed E-state index contributed by atoms with van der Waals surface area (Å²) >= 11 is 0. The second-order valence-electron chi connectivity index (χ2n) is 7.89. The fraction of sp³-hybridized carbons (Fsp3) is 0.214. The Bertz CT molecular complexity index is 1250. The zero-order valence-corrected chi connectivity index (χ0v) is 22.9. The predicted octanol–water partition coefficient (Wildman–Crippen LogP) is 3.27. The minimum absolute atomic E-state index is 0.284. The highest BCUT2D eigenvalue weighted by molar-refractivity contribution is 5.97. The first-order valence-electron chi connectivity index (χ1n) is 11.8. The molecule has 0 radical (unpaired) electrons. The van der Waals surface area contributed by atoms with Gasteiger partial charge < -0.3 is 28.4 Å². The van der Waals surface area contributed by atoms with Crippen molar-refractivity contribution >= 4 is 24.2 Å². The average molecular weight is 551 g/mol. The van der Waals surface area contributed by atoms with E-state index in [2.05, 4.69) is 21.1 Å². The standard InChI is InChI=1S/C28H30N4O8/c1-35-21-11-19(12-22(36-2)25(21)39-5)27(33)31-29-15-17-7-9-18(10-8-17)16-30-32-28(34)20-13-23(37-3)26(40-6)24(14-20)38-4/h7-16H,1-6H3,(H,31,33)(H,32,34)/b29-15+,30-16+. The van der Waals surface area contributed by atoms with Crippen LogP contribution in [-0.2, 0) is 0 Å². The molecule has 3 rings (SSSR count). The number of rotatable bonds is 12. The van der Waals surface area contributed by atoms with Crippen LogP contribution in [-0.4, -0.2) is 66.9 Å². The number of methoxy groups -OCH3 is 6. The van der Waals surface area contributed by atoms with Crippen molar-refractivity contribution in [2.24, 2.45) is 10.2 Å². The number of hydrogen-bond acceptors (Lipinski definition) is 10. The third-order valence-corrected chi connectivity index (χ3v) is 5.55. The molecule has 0 fully saturated rings. The summed E-state index contributed by atoms with van der Waals surface area (Å²) in [6, 6.07) is 13.2. The molecule has 3 aromatic rings. The first-order valence-corrected chi connectivity index (χ1v) is 11.8. The molecule has 0 saturated carbocycles. The highest BCUT2D eigenvalue weighted by Crippen LogP contribution is 2.39. The number of nitrogens with zero attached hydrogens (tertiary/aromatic N) is 2. The van der Waals surface area contributed by atoms with E-state index in [-0.39, 0.29) is 11.1 Å². The average Bonchev–Trinajstić information content (AvgIpc) is 2.99. The zero-order valence-electron chi connectivity index (χ0n) is 22.9. The first kappa shape index (κ1) is 29.3. The Balaban J connectivity index is 1.60. The van der Waals surface area contributed by atoms with Gasteiger partial charge in [-0.05, 0) is 35.4 Å². The maximum absolute atomic E-state index is 12.6. The maximum atomic E-state index is 12.6. The molecular formula is C28H30N4O8. The van der Waals surface area contributed by atoms with Crippen LogP contribution in [0.2, 0.25) is 0 Å². The minimum atomic E-state index is -0.456. The lowest BCUT2D eigenvalue weighted by Gasteiger charge is -2.13. The molecule has 12 heteroatoms. The Morgan fingerprint density at radius 3 is 1.10 bits per heavy atom. The van der Waals surface area contributed by atoms with Crippen molar-refractivity contribution in [1.82, 2.24) is 10.9 Å². The van der Waals surface area contributed by atoms with E-state index in [0.29, 0.717) is 34.5 Å². The highest BCUT2D eigenvalue weighted by atomic mass is 16.5. The normalized spacial score (nSPS) is 10.8. The number of hydrazone groups is 2. The molecule has 40 heavy (non-hydrogen) atoms. The third-order valence-electron chi connectivity index (χ3n) is 5.55. The lowest BCUT2D eigenvalue weighted by Crippen LogP contribution is -2.18. The minimum Gasteiger partial charge on any atom is -0.493 e. The second kappa shape index (κ2) is 14.0. The van der Waals surface area contributed by atoms with Crippen LogP contribution in [0.25, 0.3) is 0 Å². The monoisotopic (exact) mass is 550 g/mol. The van der Waals surface area contributed by atoms with Gasteiger partial charge in [0, 0.05) is 11.1 Å². The Morgan fingerprint density at radius 2 is 0.850 bits per heavy atom. The van der Waals surface area contributed by atoms with Crippen molar-refractivity contribution in [2.75, 3.05) is 42.7 Å². The predicted molar refractivity (Wildman–Crippen MR) is 149 cm³/mol. The Morgan fingerprint density at radius 1 is 0.550 bits per heavy atom. The quantitative estimate of drug-likeness (QED) is 0.259. The molecule has 0 unspecified atom stereocenters. The molecule has 12 nitrogen and oxygen atoms in total. The number of amides is 2. The largest absolute Gasteiger partial charge is 0.493 e. The van der Waals surface area contributed by atoms with Gasteiger partial charge in [-0.1, -0.05) is 24.3 Å². The van der Waals surface area contributed by atoms with Crippen LogP contribution in [0.15, 0.2) is 58.7 Å². The summed E-state index contributed by atoms with van der Waals surface area (Å²) in [6.45, 7) is 0. The van der Waals surface area contributed by atoms with Crippen LogP contribution < -0.4 is 39.3 Å². The summed E-state index contributed by atoms with van der Waals surface area (Å²) in [5.74, 6) is 1.27. The molecule has 2 amide bonds. The van der Waals surface area contributed by atoms with Crippen molar-refractivity contribution < 1.29 is 38.0 Å². The van der Waals surface area contributed by atoms with Crippen molar-refractivity contribution in [2.45, 2.75) is 0 Å². The van der Waals surface area contributed by atoms with Gasteiger partial charge in [-0.3, -0.25) is 9.59 Å². The lowest BCUT2D eigenvalue weighted by molar-refractivity contribution is 0.0946. The van der Waals surface area contributed by atoms with E-state index >= 15 is 0 Å². The van der Waals surface area contributed by atoms with Crippen LogP contribution in [0.5, 0.6) is 34.5 Å². The molecule has 0 heterocycles. The smallest absolute Gasteiger partial charge is 0.271 e. The van der Waals surface area contributed by atoms with E-state index < -0.39 is 11.8 Å². The van der Waals surface area contributed by atoms with Crippen LogP contribution >= 0.6 is 0 Å². The van der Waals surface area contributed by atoms with Gasteiger partial charge in [0.15, 0.2) is 23.0 Å². The number of benzene rings is 3. The molecule has 2 N–H and O–H groups in total. The SMILES string of the molecule is COc1cc(C(=O)N/N=C/c2ccc(/C=N/NC(=O)c3cc(OC)c(OC)c(OC)c3)cc2)cc(OC)c1OC. The number of nitrogens with one attached hydrogen (secondary N) is 2. The fourth-order valence-corrected chi connectivity index (χ4v) is 3.55. The number of carbonyl (C=O) groups excluding carboxylic acids is 2. The van der Waals surface area contributed by atoms with Crippen LogP contribution in [0.4, 0.5) is 0 Å². The van der Waals surface area contributed by atoms with E-state index in [1.807, 2.05) is 0 Å². The van der Waals surface area contributed by atoms with Crippen LogP contribution in [0.3, 0.4) is 0 Å². The second-order valence-corrected chi connectivity index (χ2v) is 7.89. The molecule has 0 aliphatic carbocycles. The molecule has 0 aliphatic heterocycles. The molecule has 0 bridgehead atoms. The van der Waals surface area contributed by atoms with E-state index in [0.717, 1.165) is 11.1 Å². The van der Waals surface area contributed by atoms with E-state index in [1.165, 1.54) is 79.4 Å². The van der Waals surface area contributed by atoms with Gasteiger partial charge in [-0.15, -0.1) is 0 Å². The topological polar surface area (TPSA) is 138 Å². The number of ether oxygens (including phenoxy) is 6.